The van der Waals surface area contributed by atoms with Crippen LogP contribution < -0.4 is 0 Å². The Bertz CT molecular complexity index is 425. The minimum absolute atomic E-state index is 0.531. The molecular weight excluding hydrogens is 280 g/mol. The summed E-state index contributed by atoms with van der Waals surface area (Å²) in [7, 11) is 0. The first-order valence-electron chi connectivity index (χ1n) is 10.0. The summed E-state index contributed by atoms with van der Waals surface area (Å²) in [6.45, 7) is 3.35. The maximum Gasteiger partial charge on any atom is 0.0575 e. The van der Waals surface area contributed by atoms with Crippen LogP contribution in [0.1, 0.15) is 82.6 Å². The van der Waals surface area contributed by atoms with Crippen LogP contribution in [0.25, 0.3) is 0 Å². The molecule has 3 rings (SSSR count). The van der Waals surface area contributed by atoms with Gasteiger partial charge >= 0.3 is 0 Å². The number of hydrogen-bond donors (Lipinski definition) is 0. The van der Waals surface area contributed by atoms with Gasteiger partial charge in [0, 0.05) is 6.61 Å². The fourth-order valence-corrected chi connectivity index (χ4v) is 4.66. The number of benzene rings is 1. The number of rotatable bonds is 6. The highest BCUT2D eigenvalue weighted by Crippen LogP contribution is 2.35. The lowest BCUT2D eigenvalue weighted by Crippen LogP contribution is -2.25. The van der Waals surface area contributed by atoms with E-state index in [1.54, 1.807) is 0 Å². The Hall–Kier alpha value is -0.820. The second kappa shape index (κ2) is 8.87. The van der Waals surface area contributed by atoms with Gasteiger partial charge in [0.1, 0.15) is 0 Å². The number of hydrogen-bond acceptors (Lipinski definition) is 1. The standard InChI is InChI=1S/C22H34O/c1-2-6-18-9-11-19(12-10-18)17-23-22-15-13-21(14-16-22)20-7-4-3-5-8-20/h3-5,7-8,18-19,21-22H,2,6,9-17H2,1H3/t18-,19-,21-,22-. The van der Waals surface area contributed by atoms with Gasteiger partial charge in [-0.15, -0.1) is 0 Å². The van der Waals surface area contributed by atoms with Crippen molar-refractivity contribution < 1.29 is 4.74 Å². The van der Waals surface area contributed by atoms with E-state index in [2.05, 4.69) is 37.3 Å². The molecule has 1 nitrogen and oxygen atoms in total. The Morgan fingerprint density at radius 3 is 2.13 bits per heavy atom. The maximum atomic E-state index is 6.30. The van der Waals surface area contributed by atoms with Crippen LogP contribution in [0.3, 0.4) is 0 Å². The molecule has 0 aromatic heterocycles. The monoisotopic (exact) mass is 314 g/mol. The van der Waals surface area contributed by atoms with Crippen LogP contribution in [0.15, 0.2) is 30.3 Å². The van der Waals surface area contributed by atoms with Crippen molar-refractivity contribution >= 4 is 0 Å². The average Bonchev–Trinajstić information content (AvgIpc) is 2.63. The predicted molar refractivity (Wildman–Crippen MR) is 97.7 cm³/mol. The fraction of sp³-hybridized carbons (Fsp3) is 0.727. The summed E-state index contributed by atoms with van der Waals surface area (Å²) < 4.78 is 6.30. The van der Waals surface area contributed by atoms with E-state index in [0.717, 1.165) is 24.4 Å². The van der Waals surface area contributed by atoms with Crippen LogP contribution in [-0.4, -0.2) is 12.7 Å². The third kappa shape index (κ3) is 5.08. The molecule has 23 heavy (non-hydrogen) atoms. The van der Waals surface area contributed by atoms with Crippen LogP contribution in [-0.2, 0) is 4.74 Å². The van der Waals surface area contributed by atoms with Crippen LogP contribution >= 0.6 is 0 Å². The van der Waals surface area contributed by atoms with E-state index in [1.165, 1.54) is 69.8 Å². The second-order valence-corrected chi connectivity index (χ2v) is 7.89. The highest BCUT2D eigenvalue weighted by molar-refractivity contribution is 5.19. The molecule has 1 aromatic rings. The van der Waals surface area contributed by atoms with Crippen LogP contribution in [0.5, 0.6) is 0 Å². The van der Waals surface area contributed by atoms with Gasteiger partial charge in [0.15, 0.2) is 0 Å². The van der Waals surface area contributed by atoms with Gasteiger partial charge in [-0.1, -0.05) is 62.9 Å². The lowest BCUT2D eigenvalue weighted by molar-refractivity contribution is -0.00479. The first-order chi connectivity index (χ1) is 11.3. The molecule has 0 atom stereocenters. The Morgan fingerprint density at radius 2 is 1.48 bits per heavy atom. The molecule has 1 heteroatoms. The van der Waals surface area contributed by atoms with Gasteiger partial charge in [-0.05, 0) is 61.8 Å². The molecular formula is C22H34O. The molecule has 0 saturated heterocycles. The molecule has 0 bridgehead atoms. The second-order valence-electron chi connectivity index (χ2n) is 7.89. The summed E-state index contributed by atoms with van der Waals surface area (Å²) in [5, 5.41) is 0. The van der Waals surface area contributed by atoms with Crippen molar-refractivity contribution in [2.75, 3.05) is 6.61 Å². The molecule has 2 aliphatic carbocycles. The van der Waals surface area contributed by atoms with Crippen LogP contribution in [0, 0.1) is 11.8 Å². The Balaban J connectivity index is 1.34. The van der Waals surface area contributed by atoms with E-state index in [4.69, 9.17) is 4.74 Å². The average molecular weight is 315 g/mol. The summed E-state index contributed by atoms with van der Waals surface area (Å²) in [4.78, 5) is 0. The van der Waals surface area contributed by atoms with E-state index in [0.29, 0.717) is 6.10 Å². The van der Waals surface area contributed by atoms with E-state index in [-0.39, 0.29) is 0 Å². The molecule has 0 radical (unpaired) electrons. The molecule has 2 aliphatic rings. The minimum atomic E-state index is 0.531. The largest absolute Gasteiger partial charge is 0.378 e. The molecule has 1 aromatic carbocycles. The molecule has 0 N–H and O–H groups in total. The van der Waals surface area contributed by atoms with Gasteiger partial charge in [0.05, 0.1) is 6.10 Å². The Kier molecular flexibility index (Phi) is 6.56. The summed E-state index contributed by atoms with van der Waals surface area (Å²) in [6, 6.07) is 11.0. The van der Waals surface area contributed by atoms with Crippen LogP contribution in [0.2, 0.25) is 0 Å². The van der Waals surface area contributed by atoms with Crippen LogP contribution in [0.4, 0.5) is 0 Å². The van der Waals surface area contributed by atoms with Crippen molar-refractivity contribution in [3.8, 4) is 0 Å². The Labute approximate surface area is 142 Å². The molecule has 0 heterocycles. The minimum Gasteiger partial charge on any atom is -0.378 e. The molecule has 0 unspecified atom stereocenters. The first-order valence-corrected chi connectivity index (χ1v) is 10.0. The van der Waals surface area contributed by atoms with E-state index < -0.39 is 0 Å². The molecule has 2 saturated carbocycles. The van der Waals surface area contributed by atoms with Crippen molar-refractivity contribution in [1.29, 1.82) is 0 Å². The molecule has 0 spiro atoms. The lowest BCUT2D eigenvalue weighted by atomic mass is 9.80. The highest BCUT2D eigenvalue weighted by atomic mass is 16.5. The zero-order chi connectivity index (χ0) is 15.9. The first kappa shape index (κ1) is 17.0. The predicted octanol–water partition coefficient (Wildman–Crippen LogP) is 6.34. The van der Waals surface area contributed by atoms with Gasteiger partial charge in [-0.25, -0.2) is 0 Å². The molecule has 128 valence electrons. The normalized spacial score (nSPS) is 31.9. The zero-order valence-corrected chi connectivity index (χ0v) is 14.9. The van der Waals surface area contributed by atoms with Gasteiger partial charge in [-0.2, -0.15) is 0 Å². The maximum absolute atomic E-state index is 6.30. The van der Waals surface area contributed by atoms with E-state index in [9.17, 15) is 0 Å². The van der Waals surface area contributed by atoms with Crippen molar-refractivity contribution in [1.82, 2.24) is 0 Å². The number of ether oxygens (including phenoxy) is 1. The van der Waals surface area contributed by atoms with Gasteiger partial charge in [0.25, 0.3) is 0 Å². The summed E-state index contributed by atoms with van der Waals surface area (Å²) >= 11 is 0. The lowest BCUT2D eigenvalue weighted by Gasteiger charge is -2.32. The van der Waals surface area contributed by atoms with Gasteiger partial charge in [0.2, 0.25) is 0 Å². The SMILES string of the molecule is CCC[C@H]1CC[C@H](CO[C@H]2CC[C@H](c3ccccc3)CC2)CC1. The van der Waals surface area contributed by atoms with E-state index in [1.807, 2.05) is 0 Å². The topological polar surface area (TPSA) is 9.23 Å². The summed E-state index contributed by atoms with van der Waals surface area (Å²) in [5.41, 5.74) is 1.53. The van der Waals surface area contributed by atoms with Crippen molar-refractivity contribution in [3.05, 3.63) is 35.9 Å². The quantitative estimate of drug-likeness (QED) is 0.595. The van der Waals surface area contributed by atoms with Crippen molar-refractivity contribution in [2.45, 2.75) is 83.2 Å². The highest BCUT2D eigenvalue weighted by Gasteiger charge is 2.25. The molecule has 0 aliphatic heterocycles. The summed E-state index contributed by atoms with van der Waals surface area (Å²) in [5.74, 6) is 2.62. The van der Waals surface area contributed by atoms with Crippen molar-refractivity contribution in [3.63, 3.8) is 0 Å². The third-order valence-corrected chi connectivity index (χ3v) is 6.18. The smallest absolute Gasteiger partial charge is 0.0575 e. The molecule has 0 amide bonds. The van der Waals surface area contributed by atoms with Gasteiger partial charge < -0.3 is 4.74 Å². The third-order valence-electron chi connectivity index (χ3n) is 6.18. The summed E-state index contributed by atoms with van der Waals surface area (Å²) in [6.07, 6.45) is 14.2. The fourth-order valence-electron chi connectivity index (χ4n) is 4.66. The Morgan fingerprint density at radius 1 is 0.826 bits per heavy atom. The van der Waals surface area contributed by atoms with Crippen molar-refractivity contribution in [2.24, 2.45) is 11.8 Å². The molecule has 2 fully saturated rings. The van der Waals surface area contributed by atoms with E-state index >= 15 is 0 Å². The zero-order valence-electron chi connectivity index (χ0n) is 14.9. The van der Waals surface area contributed by atoms with Gasteiger partial charge in [-0.3, -0.25) is 0 Å².